The zero-order valence-corrected chi connectivity index (χ0v) is 18.4. The largest absolute Gasteiger partial charge is 0.493 e. The molecule has 0 saturated carbocycles. The van der Waals surface area contributed by atoms with Crippen molar-refractivity contribution in [3.8, 4) is 11.5 Å². The zero-order valence-electron chi connectivity index (χ0n) is 16.0. The van der Waals surface area contributed by atoms with Crippen LogP contribution in [-0.4, -0.2) is 47.5 Å². The minimum Gasteiger partial charge on any atom is -0.493 e. The minimum atomic E-state index is -0.474. The molecule has 0 unspecified atom stereocenters. The SMILES string of the molecule is CCNC(=NCCn1cc([N+](=O)[O-])cn1)Nc1ccc(OC)c(OCC)c1.I. The van der Waals surface area contributed by atoms with Crippen LogP contribution in [0.15, 0.2) is 35.6 Å². The molecule has 11 heteroatoms. The van der Waals surface area contributed by atoms with Gasteiger partial charge in [-0.1, -0.05) is 0 Å². The molecule has 0 saturated heterocycles. The maximum Gasteiger partial charge on any atom is 0.306 e. The van der Waals surface area contributed by atoms with Gasteiger partial charge in [-0.2, -0.15) is 5.10 Å². The van der Waals surface area contributed by atoms with Gasteiger partial charge in [-0.3, -0.25) is 19.8 Å². The average molecular weight is 504 g/mol. The van der Waals surface area contributed by atoms with Gasteiger partial charge in [-0.15, -0.1) is 24.0 Å². The zero-order chi connectivity index (χ0) is 19.6. The van der Waals surface area contributed by atoms with Crippen LogP contribution in [0.1, 0.15) is 13.8 Å². The summed E-state index contributed by atoms with van der Waals surface area (Å²) in [4.78, 5) is 14.7. The highest BCUT2D eigenvalue weighted by Gasteiger charge is 2.09. The second kappa shape index (κ2) is 12.0. The van der Waals surface area contributed by atoms with E-state index in [1.807, 2.05) is 32.0 Å². The fraction of sp³-hybridized carbons (Fsp3) is 0.412. The van der Waals surface area contributed by atoms with E-state index in [0.717, 1.165) is 5.69 Å². The van der Waals surface area contributed by atoms with Crippen molar-refractivity contribution in [2.24, 2.45) is 4.99 Å². The molecule has 1 aromatic carbocycles. The molecule has 0 bridgehead atoms. The number of hydrogen-bond donors (Lipinski definition) is 2. The number of methoxy groups -OCH3 is 1. The van der Waals surface area contributed by atoms with Gasteiger partial charge in [-0.25, -0.2) is 0 Å². The first-order valence-electron chi connectivity index (χ1n) is 8.60. The molecule has 0 aliphatic carbocycles. The van der Waals surface area contributed by atoms with Crippen molar-refractivity contribution in [1.82, 2.24) is 15.1 Å². The Kier molecular flexibility index (Phi) is 10.1. The van der Waals surface area contributed by atoms with Crippen LogP contribution in [0.5, 0.6) is 11.5 Å². The molecular weight excluding hydrogens is 479 g/mol. The Balaban J connectivity index is 0.00000392. The van der Waals surface area contributed by atoms with E-state index in [1.54, 1.807) is 7.11 Å². The standard InChI is InChI=1S/C17H24N6O4.HI/c1-4-18-17(19-8-9-22-12-14(11-20-22)23(24)25)21-13-6-7-15(26-3)16(10-13)27-5-2;/h6-7,10-12H,4-5,8-9H2,1-3H3,(H2,18,19,21);1H. The number of halogens is 1. The van der Waals surface area contributed by atoms with Crippen molar-refractivity contribution < 1.29 is 14.4 Å². The number of nitrogens with zero attached hydrogens (tertiary/aromatic N) is 4. The van der Waals surface area contributed by atoms with Crippen LogP contribution in [0, 0.1) is 10.1 Å². The first-order valence-corrected chi connectivity index (χ1v) is 8.60. The number of aliphatic imine (C=N–C) groups is 1. The second-order valence-corrected chi connectivity index (χ2v) is 5.40. The van der Waals surface area contributed by atoms with Crippen LogP contribution in [-0.2, 0) is 6.54 Å². The van der Waals surface area contributed by atoms with Gasteiger partial charge >= 0.3 is 5.69 Å². The monoisotopic (exact) mass is 504 g/mol. The number of nitro groups is 1. The predicted octanol–water partition coefficient (Wildman–Crippen LogP) is 2.89. The molecule has 0 atom stereocenters. The van der Waals surface area contributed by atoms with Crippen LogP contribution >= 0.6 is 24.0 Å². The molecule has 2 aromatic rings. The molecule has 28 heavy (non-hydrogen) atoms. The topological polar surface area (TPSA) is 116 Å². The second-order valence-electron chi connectivity index (χ2n) is 5.40. The molecule has 0 aliphatic rings. The van der Waals surface area contributed by atoms with Crippen LogP contribution in [0.25, 0.3) is 0 Å². The van der Waals surface area contributed by atoms with Crippen molar-refractivity contribution in [3.63, 3.8) is 0 Å². The number of guanidine groups is 1. The van der Waals surface area contributed by atoms with Crippen LogP contribution in [0.4, 0.5) is 11.4 Å². The van der Waals surface area contributed by atoms with Gasteiger partial charge in [0.05, 0.1) is 31.7 Å². The fourth-order valence-corrected chi connectivity index (χ4v) is 2.30. The highest BCUT2D eigenvalue weighted by Crippen LogP contribution is 2.30. The van der Waals surface area contributed by atoms with Crippen molar-refractivity contribution >= 4 is 41.3 Å². The smallest absolute Gasteiger partial charge is 0.306 e. The molecule has 2 rings (SSSR count). The van der Waals surface area contributed by atoms with Gasteiger partial charge in [-0.05, 0) is 26.0 Å². The lowest BCUT2D eigenvalue weighted by Crippen LogP contribution is -2.31. The molecule has 1 heterocycles. The third-order valence-corrected chi connectivity index (χ3v) is 3.50. The molecule has 1 aromatic heterocycles. The van der Waals surface area contributed by atoms with E-state index in [4.69, 9.17) is 9.47 Å². The Morgan fingerprint density at radius 1 is 1.36 bits per heavy atom. The molecule has 154 valence electrons. The highest BCUT2D eigenvalue weighted by atomic mass is 127. The van der Waals surface area contributed by atoms with E-state index in [0.29, 0.717) is 43.7 Å². The number of aromatic nitrogens is 2. The Morgan fingerprint density at radius 3 is 2.75 bits per heavy atom. The Hall–Kier alpha value is -2.57. The van der Waals surface area contributed by atoms with Gasteiger partial charge in [0, 0.05) is 18.3 Å². The summed E-state index contributed by atoms with van der Waals surface area (Å²) in [5.41, 5.74) is 0.763. The quantitative estimate of drug-likeness (QED) is 0.177. The number of hydrogen-bond acceptors (Lipinski definition) is 6. The van der Waals surface area contributed by atoms with Crippen molar-refractivity contribution in [3.05, 3.63) is 40.7 Å². The summed E-state index contributed by atoms with van der Waals surface area (Å²) in [5.74, 6) is 1.89. The maximum absolute atomic E-state index is 10.7. The van der Waals surface area contributed by atoms with Gasteiger partial charge in [0.25, 0.3) is 0 Å². The minimum absolute atomic E-state index is 0. The van der Waals surface area contributed by atoms with Gasteiger partial charge < -0.3 is 20.1 Å². The summed E-state index contributed by atoms with van der Waals surface area (Å²) in [7, 11) is 1.59. The molecule has 0 spiro atoms. The molecule has 0 fully saturated rings. The van der Waals surface area contributed by atoms with Crippen molar-refractivity contribution in [2.45, 2.75) is 20.4 Å². The van der Waals surface area contributed by atoms with Crippen molar-refractivity contribution in [1.29, 1.82) is 0 Å². The third-order valence-electron chi connectivity index (χ3n) is 3.50. The average Bonchev–Trinajstić information content (AvgIpc) is 3.12. The summed E-state index contributed by atoms with van der Waals surface area (Å²) >= 11 is 0. The van der Waals surface area contributed by atoms with Crippen molar-refractivity contribution in [2.75, 3.05) is 32.1 Å². The van der Waals surface area contributed by atoms with E-state index in [1.165, 1.54) is 17.1 Å². The Labute approximate surface area is 180 Å². The molecule has 0 radical (unpaired) electrons. The highest BCUT2D eigenvalue weighted by molar-refractivity contribution is 14.0. The summed E-state index contributed by atoms with van der Waals surface area (Å²) in [5, 5.41) is 21.0. The third kappa shape index (κ3) is 6.87. The lowest BCUT2D eigenvalue weighted by molar-refractivity contribution is -0.385. The summed E-state index contributed by atoms with van der Waals surface area (Å²) < 4.78 is 12.4. The van der Waals surface area contributed by atoms with Gasteiger partial charge in [0.2, 0.25) is 0 Å². The maximum atomic E-state index is 10.7. The number of rotatable bonds is 9. The Bertz CT molecular complexity index is 796. The number of nitrogens with one attached hydrogen (secondary N) is 2. The normalized spacial score (nSPS) is 10.8. The molecular formula is C17H25IN6O4. The molecule has 2 N–H and O–H groups in total. The van der Waals surface area contributed by atoms with E-state index >= 15 is 0 Å². The van der Waals surface area contributed by atoms with Gasteiger partial charge in [0.15, 0.2) is 17.5 Å². The predicted molar refractivity (Wildman–Crippen MR) is 118 cm³/mol. The fourth-order valence-electron chi connectivity index (χ4n) is 2.30. The number of anilines is 1. The number of benzene rings is 1. The first kappa shape index (κ1) is 23.5. The lowest BCUT2D eigenvalue weighted by Gasteiger charge is -2.14. The van der Waals surface area contributed by atoms with E-state index < -0.39 is 4.92 Å². The Morgan fingerprint density at radius 2 is 2.14 bits per heavy atom. The van der Waals surface area contributed by atoms with Crippen LogP contribution in [0.3, 0.4) is 0 Å². The van der Waals surface area contributed by atoms with E-state index in [9.17, 15) is 10.1 Å². The first-order chi connectivity index (χ1) is 13.1. The molecule has 0 amide bonds. The summed E-state index contributed by atoms with van der Waals surface area (Å²) in [6.45, 7) is 5.93. The van der Waals surface area contributed by atoms with Crippen LogP contribution in [0.2, 0.25) is 0 Å². The molecule has 0 aliphatic heterocycles. The molecule has 10 nitrogen and oxygen atoms in total. The van der Waals surface area contributed by atoms with E-state index in [-0.39, 0.29) is 29.7 Å². The lowest BCUT2D eigenvalue weighted by atomic mass is 10.2. The van der Waals surface area contributed by atoms with E-state index in [2.05, 4.69) is 20.7 Å². The van der Waals surface area contributed by atoms with Gasteiger partial charge in [0.1, 0.15) is 12.4 Å². The summed E-state index contributed by atoms with van der Waals surface area (Å²) in [6, 6.07) is 5.52. The summed E-state index contributed by atoms with van der Waals surface area (Å²) in [6.07, 6.45) is 2.60. The number of ether oxygens (including phenoxy) is 2. The van der Waals surface area contributed by atoms with Crippen LogP contribution < -0.4 is 20.1 Å².